The van der Waals surface area contributed by atoms with Crippen molar-refractivity contribution in [1.82, 2.24) is 9.80 Å². The lowest BCUT2D eigenvalue weighted by molar-refractivity contribution is 0.0592. The molecule has 1 aromatic rings. The summed E-state index contributed by atoms with van der Waals surface area (Å²) >= 11 is 0. The first kappa shape index (κ1) is 20.1. The van der Waals surface area contributed by atoms with Crippen LogP contribution < -0.4 is 4.31 Å². The Bertz CT molecular complexity index is 761. The van der Waals surface area contributed by atoms with Gasteiger partial charge in [-0.1, -0.05) is 20.8 Å². The molecule has 27 heavy (non-hydrogen) atoms. The predicted octanol–water partition coefficient (Wildman–Crippen LogP) is 2.42. The second-order valence-corrected chi connectivity index (χ2v) is 10.8. The molecule has 0 bridgehead atoms. The summed E-state index contributed by atoms with van der Waals surface area (Å²) in [6, 6.07) is 7.02. The Labute approximate surface area is 163 Å². The fourth-order valence-electron chi connectivity index (χ4n) is 3.81. The summed E-state index contributed by atoms with van der Waals surface area (Å²) in [7, 11) is -3.22. The smallest absolute Gasteiger partial charge is 0.253 e. The number of hydrogen-bond acceptors (Lipinski definition) is 4. The van der Waals surface area contributed by atoms with E-state index in [9.17, 15) is 13.2 Å². The zero-order chi connectivity index (χ0) is 19.7. The van der Waals surface area contributed by atoms with Crippen LogP contribution in [-0.4, -0.2) is 69.1 Å². The van der Waals surface area contributed by atoms with E-state index < -0.39 is 10.0 Å². The SMILES string of the molecule is CC(C)(C)CN1CCN(C(=O)c2ccc(N3CCCCS3(=O)=O)cc2)CC1. The van der Waals surface area contributed by atoms with Crippen molar-refractivity contribution in [2.24, 2.45) is 5.41 Å². The molecular weight excluding hydrogens is 362 g/mol. The van der Waals surface area contributed by atoms with Gasteiger partial charge in [0.15, 0.2) is 0 Å². The minimum absolute atomic E-state index is 0.0264. The zero-order valence-electron chi connectivity index (χ0n) is 16.6. The first-order valence-electron chi connectivity index (χ1n) is 9.78. The van der Waals surface area contributed by atoms with E-state index in [1.807, 2.05) is 4.90 Å². The van der Waals surface area contributed by atoms with Crippen LogP contribution in [0.2, 0.25) is 0 Å². The molecule has 1 amide bonds. The predicted molar refractivity (Wildman–Crippen MR) is 109 cm³/mol. The highest BCUT2D eigenvalue weighted by Crippen LogP contribution is 2.24. The summed E-state index contributed by atoms with van der Waals surface area (Å²) in [5, 5.41) is 0. The van der Waals surface area contributed by atoms with Gasteiger partial charge >= 0.3 is 0 Å². The third-order valence-electron chi connectivity index (χ3n) is 5.11. The fourth-order valence-corrected chi connectivity index (χ4v) is 5.45. The van der Waals surface area contributed by atoms with Gasteiger partial charge in [0.2, 0.25) is 10.0 Å². The number of anilines is 1. The highest BCUT2D eigenvalue weighted by atomic mass is 32.2. The van der Waals surface area contributed by atoms with E-state index in [-0.39, 0.29) is 17.1 Å². The standard InChI is InChI=1S/C20H31N3O3S/c1-20(2,3)16-21-11-13-22(14-12-21)19(24)17-6-8-18(9-7-17)23-10-4-5-15-27(23,25)26/h6-9H,4-5,10-16H2,1-3H3. The van der Waals surface area contributed by atoms with Gasteiger partial charge in [0.1, 0.15) is 0 Å². The van der Waals surface area contributed by atoms with Crippen molar-refractivity contribution in [2.75, 3.05) is 49.3 Å². The van der Waals surface area contributed by atoms with Crippen molar-refractivity contribution in [2.45, 2.75) is 33.6 Å². The highest BCUT2D eigenvalue weighted by molar-refractivity contribution is 7.92. The van der Waals surface area contributed by atoms with E-state index in [0.717, 1.165) is 45.6 Å². The quantitative estimate of drug-likeness (QED) is 0.791. The summed E-state index contributed by atoms with van der Waals surface area (Å²) in [6.45, 7) is 11.5. The summed E-state index contributed by atoms with van der Waals surface area (Å²) < 4.78 is 25.9. The highest BCUT2D eigenvalue weighted by Gasteiger charge is 2.27. The van der Waals surface area contributed by atoms with Gasteiger partial charge in [-0.05, 0) is 42.5 Å². The molecule has 150 valence electrons. The molecule has 2 aliphatic rings. The van der Waals surface area contributed by atoms with Gasteiger partial charge in [-0.2, -0.15) is 0 Å². The van der Waals surface area contributed by atoms with Gasteiger partial charge in [0.05, 0.1) is 11.4 Å². The van der Waals surface area contributed by atoms with Gasteiger partial charge < -0.3 is 4.90 Å². The Morgan fingerprint density at radius 2 is 1.59 bits per heavy atom. The van der Waals surface area contributed by atoms with Gasteiger partial charge in [0, 0.05) is 44.8 Å². The molecule has 7 heteroatoms. The van der Waals surface area contributed by atoms with Crippen LogP contribution in [0.4, 0.5) is 5.69 Å². The molecule has 0 unspecified atom stereocenters. The van der Waals surface area contributed by atoms with Crippen LogP contribution >= 0.6 is 0 Å². The summed E-state index contributed by atoms with van der Waals surface area (Å²) in [5.41, 5.74) is 1.54. The molecule has 2 aliphatic heterocycles. The molecule has 0 spiro atoms. The normalized spacial score (nSPS) is 21.3. The molecule has 0 aliphatic carbocycles. The Morgan fingerprint density at radius 1 is 0.963 bits per heavy atom. The average Bonchev–Trinajstić information content (AvgIpc) is 2.60. The van der Waals surface area contributed by atoms with Crippen molar-refractivity contribution in [3.8, 4) is 0 Å². The minimum Gasteiger partial charge on any atom is -0.336 e. The van der Waals surface area contributed by atoms with Gasteiger partial charge in [-0.3, -0.25) is 14.0 Å². The Kier molecular flexibility index (Phi) is 5.82. The number of piperazine rings is 1. The number of rotatable bonds is 3. The summed E-state index contributed by atoms with van der Waals surface area (Å²) in [5.74, 6) is 0.227. The molecule has 0 aromatic heterocycles. The maximum absolute atomic E-state index is 12.8. The number of carbonyl (C=O) groups excluding carboxylic acids is 1. The monoisotopic (exact) mass is 393 g/mol. The number of carbonyl (C=O) groups is 1. The molecule has 2 fully saturated rings. The maximum Gasteiger partial charge on any atom is 0.253 e. The fraction of sp³-hybridized carbons (Fsp3) is 0.650. The molecule has 0 N–H and O–H groups in total. The van der Waals surface area contributed by atoms with Crippen LogP contribution in [0.5, 0.6) is 0 Å². The van der Waals surface area contributed by atoms with E-state index in [2.05, 4.69) is 25.7 Å². The van der Waals surface area contributed by atoms with Crippen LogP contribution in [-0.2, 0) is 10.0 Å². The molecule has 2 saturated heterocycles. The Hall–Kier alpha value is -1.60. The van der Waals surface area contributed by atoms with Crippen LogP contribution in [0.3, 0.4) is 0 Å². The second kappa shape index (κ2) is 7.80. The molecule has 0 radical (unpaired) electrons. The topological polar surface area (TPSA) is 60.9 Å². The van der Waals surface area contributed by atoms with E-state index in [1.165, 1.54) is 4.31 Å². The molecule has 3 rings (SSSR count). The van der Waals surface area contributed by atoms with Crippen LogP contribution in [0.25, 0.3) is 0 Å². The van der Waals surface area contributed by atoms with Crippen molar-refractivity contribution in [3.63, 3.8) is 0 Å². The zero-order valence-corrected chi connectivity index (χ0v) is 17.5. The molecular formula is C20H31N3O3S. The van der Waals surface area contributed by atoms with Crippen molar-refractivity contribution >= 4 is 21.6 Å². The van der Waals surface area contributed by atoms with Gasteiger partial charge in [0.25, 0.3) is 5.91 Å². The minimum atomic E-state index is -3.22. The molecule has 2 heterocycles. The van der Waals surface area contributed by atoms with E-state index in [4.69, 9.17) is 0 Å². The lowest BCUT2D eigenvalue weighted by Crippen LogP contribution is -2.50. The van der Waals surface area contributed by atoms with Crippen LogP contribution in [0, 0.1) is 5.41 Å². The molecule has 0 atom stereocenters. The Morgan fingerprint density at radius 3 is 2.15 bits per heavy atom. The maximum atomic E-state index is 12.8. The molecule has 0 saturated carbocycles. The van der Waals surface area contributed by atoms with E-state index >= 15 is 0 Å². The van der Waals surface area contributed by atoms with Gasteiger partial charge in [-0.15, -0.1) is 0 Å². The number of amides is 1. The molecule has 1 aromatic carbocycles. The lowest BCUT2D eigenvalue weighted by Gasteiger charge is -2.37. The third-order valence-corrected chi connectivity index (χ3v) is 6.98. The van der Waals surface area contributed by atoms with Crippen molar-refractivity contribution < 1.29 is 13.2 Å². The van der Waals surface area contributed by atoms with Crippen molar-refractivity contribution in [1.29, 1.82) is 0 Å². The van der Waals surface area contributed by atoms with E-state index in [1.54, 1.807) is 24.3 Å². The number of benzene rings is 1. The average molecular weight is 394 g/mol. The number of sulfonamides is 1. The summed E-state index contributed by atoms with van der Waals surface area (Å²) in [4.78, 5) is 17.1. The van der Waals surface area contributed by atoms with Crippen molar-refractivity contribution in [3.05, 3.63) is 29.8 Å². The molecule has 6 nitrogen and oxygen atoms in total. The largest absolute Gasteiger partial charge is 0.336 e. The first-order chi connectivity index (χ1) is 12.7. The van der Waals surface area contributed by atoms with Gasteiger partial charge in [-0.25, -0.2) is 8.42 Å². The number of nitrogens with zero attached hydrogens (tertiary/aromatic N) is 3. The lowest BCUT2D eigenvalue weighted by atomic mass is 9.96. The third kappa shape index (κ3) is 5.02. The van der Waals surface area contributed by atoms with Crippen LogP contribution in [0.15, 0.2) is 24.3 Å². The van der Waals surface area contributed by atoms with E-state index in [0.29, 0.717) is 17.8 Å². The Balaban J connectivity index is 1.62. The first-order valence-corrected chi connectivity index (χ1v) is 11.4. The van der Waals surface area contributed by atoms with Crippen LogP contribution in [0.1, 0.15) is 44.0 Å². The second-order valence-electron chi connectivity index (χ2n) is 8.77. The summed E-state index contributed by atoms with van der Waals surface area (Å²) in [6.07, 6.45) is 1.59. The number of hydrogen-bond donors (Lipinski definition) is 0.